The molecule has 0 amide bonds. The molecule has 0 saturated carbocycles. The van der Waals surface area contributed by atoms with Gasteiger partial charge in [0.05, 0.1) is 16.7 Å². The van der Waals surface area contributed by atoms with E-state index in [1.165, 1.54) is 22.6 Å². The molecule has 3 rings (SSSR count). The number of carbonyl (C=O) groups excluding carboxylic acids is 2. The molecule has 0 fully saturated rings. The molecule has 1 aliphatic heterocycles. The topological polar surface area (TPSA) is 61.2 Å². The van der Waals surface area contributed by atoms with Crippen LogP contribution in [0.15, 0.2) is 23.2 Å². The highest BCUT2D eigenvalue weighted by Crippen LogP contribution is 2.36. The van der Waals surface area contributed by atoms with Gasteiger partial charge >= 0.3 is 5.97 Å². The van der Waals surface area contributed by atoms with Gasteiger partial charge in [0.2, 0.25) is 5.88 Å². The number of nitrogens with zero attached hydrogens (tertiary/aromatic N) is 2. The third kappa shape index (κ3) is 2.76. The number of aromatic nitrogens is 2. The molecule has 2 aromatic rings. The molecule has 0 unspecified atom stereocenters. The van der Waals surface area contributed by atoms with Crippen molar-refractivity contribution >= 4 is 23.5 Å². The fraction of sp³-hybridized carbons (Fsp3) is 0.312. The lowest BCUT2D eigenvalue weighted by molar-refractivity contribution is 0.0717. The normalized spacial score (nSPS) is 13.8. The first-order valence-corrected chi connectivity index (χ1v) is 8.24. The fourth-order valence-electron chi connectivity index (χ4n) is 2.58. The number of Topliss-reactive ketones (excluding diaryl/α,β-unsaturated/α-hetero) is 1. The number of thioether (sulfide) groups is 1. The Labute approximate surface area is 136 Å². The lowest BCUT2D eigenvalue weighted by Crippen LogP contribution is -2.18. The predicted molar refractivity (Wildman–Crippen MR) is 83.7 cm³/mol. The molecule has 0 bridgehead atoms. The molecule has 0 radical (unpaired) electrons. The van der Waals surface area contributed by atoms with E-state index in [1.54, 1.807) is 13.0 Å². The zero-order valence-corrected chi connectivity index (χ0v) is 13.6. The van der Waals surface area contributed by atoms with Gasteiger partial charge in [0.25, 0.3) is 0 Å². The van der Waals surface area contributed by atoms with E-state index in [9.17, 15) is 14.0 Å². The second-order valence-electron chi connectivity index (χ2n) is 5.13. The zero-order chi connectivity index (χ0) is 16.6. The number of hydrogen-bond donors (Lipinski definition) is 0. The molecule has 0 aliphatic carbocycles. The van der Waals surface area contributed by atoms with Crippen molar-refractivity contribution in [3.05, 3.63) is 40.8 Å². The Morgan fingerprint density at radius 1 is 1.52 bits per heavy atom. The molecule has 5 nitrogen and oxygen atoms in total. The van der Waals surface area contributed by atoms with E-state index in [4.69, 9.17) is 4.74 Å². The standard InChI is InChI=1S/C16H15FN2O3S/c1-3-19-13(4-6-18-19)22-16(21)10-8-11(17)15-14(9(10)2)12(20)5-7-23-15/h4,6,8H,3,5,7H2,1-2H3. The van der Waals surface area contributed by atoms with Crippen molar-refractivity contribution in [3.63, 3.8) is 0 Å². The number of hydrogen-bond acceptors (Lipinski definition) is 5. The van der Waals surface area contributed by atoms with Gasteiger partial charge in [0, 0.05) is 30.3 Å². The molecular weight excluding hydrogens is 319 g/mol. The average molecular weight is 334 g/mol. The summed E-state index contributed by atoms with van der Waals surface area (Å²) >= 11 is 1.30. The van der Waals surface area contributed by atoms with Gasteiger partial charge in [-0.25, -0.2) is 13.9 Å². The quantitative estimate of drug-likeness (QED) is 0.806. The van der Waals surface area contributed by atoms with Crippen LogP contribution in [-0.4, -0.2) is 27.3 Å². The summed E-state index contributed by atoms with van der Waals surface area (Å²) in [5.74, 6) is -0.539. The second kappa shape index (κ2) is 6.16. The Morgan fingerprint density at radius 2 is 2.30 bits per heavy atom. The molecule has 2 heterocycles. The van der Waals surface area contributed by atoms with Crippen molar-refractivity contribution in [2.75, 3.05) is 5.75 Å². The predicted octanol–water partition coefficient (Wildman–Crippen LogP) is 3.25. The number of aryl methyl sites for hydroxylation is 1. The van der Waals surface area contributed by atoms with Crippen LogP contribution in [-0.2, 0) is 6.54 Å². The van der Waals surface area contributed by atoms with Crippen LogP contribution in [0, 0.1) is 12.7 Å². The van der Waals surface area contributed by atoms with Crippen molar-refractivity contribution in [3.8, 4) is 5.88 Å². The van der Waals surface area contributed by atoms with Gasteiger partial charge < -0.3 is 4.74 Å². The summed E-state index contributed by atoms with van der Waals surface area (Å²) in [5.41, 5.74) is 0.837. The summed E-state index contributed by atoms with van der Waals surface area (Å²) in [6.45, 7) is 4.06. The van der Waals surface area contributed by atoms with Crippen molar-refractivity contribution < 1.29 is 18.7 Å². The van der Waals surface area contributed by atoms with E-state index < -0.39 is 11.8 Å². The molecule has 1 aromatic heterocycles. The Bertz CT molecular complexity index is 801. The van der Waals surface area contributed by atoms with Gasteiger partial charge in [-0.15, -0.1) is 11.8 Å². The van der Waals surface area contributed by atoms with Gasteiger partial charge in [-0.05, 0) is 25.5 Å². The maximum Gasteiger partial charge on any atom is 0.345 e. The van der Waals surface area contributed by atoms with Crippen LogP contribution in [0.25, 0.3) is 0 Å². The van der Waals surface area contributed by atoms with E-state index in [2.05, 4.69) is 5.10 Å². The number of rotatable bonds is 3. The van der Waals surface area contributed by atoms with E-state index in [1.807, 2.05) is 6.92 Å². The van der Waals surface area contributed by atoms with Crippen LogP contribution < -0.4 is 4.74 Å². The summed E-state index contributed by atoms with van der Waals surface area (Å²) in [6.07, 6.45) is 1.87. The maximum atomic E-state index is 14.3. The fourth-order valence-corrected chi connectivity index (χ4v) is 3.68. The summed E-state index contributed by atoms with van der Waals surface area (Å²) in [6, 6.07) is 2.71. The number of esters is 1. The number of ketones is 1. The van der Waals surface area contributed by atoms with E-state index >= 15 is 0 Å². The number of benzene rings is 1. The lowest BCUT2D eigenvalue weighted by Gasteiger charge is -2.19. The van der Waals surface area contributed by atoms with Gasteiger partial charge in [-0.1, -0.05) is 0 Å². The van der Waals surface area contributed by atoms with Crippen LogP contribution in [0.5, 0.6) is 5.88 Å². The average Bonchev–Trinajstić information content (AvgIpc) is 2.97. The molecule has 1 aromatic carbocycles. The molecule has 120 valence electrons. The monoisotopic (exact) mass is 334 g/mol. The summed E-state index contributed by atoms with van der Waals surface area (Å²) in [5, 5.41) is 4.01. The van der Waals surface area contributed by atoms with Crippen LogP contribution >= 0.6 is 11.8 Å². The summed E-state index contributed by atoms with van der Waals surface area (Å²) in [7, 11) is 0. The number of ether oxygens (including phenoxy) is 1. The van der Waals surface area contributed by atoms with Crippen molar-refractivity contribution in [2.45, 2.75) is 31.7 Å². The Hall–Kier alpha value is -2.15. The third-order valence-corrected chi connectivity index (χ3v) is 4.84. The van der Waals surface area contributed by atoms with Crippen molar-refractivity contribution in [1.82, 2.24) is 9.78 Å². The minimum atomic E-state index is -0.692. The van der Waals surface area contributed by atoms with E-state index in [0.29, 0.717) is 34.7 Å². The molecule has 7 heteroatoms. The van der Waals surface area contributed by atoms with Gasteiger partial charge in [0.1, 0.15) is 5.82 Å². The first-order chi connectivity index (χ1) is 11.0. The second-order valence-corrected chi connectivity index (χ2v) is 6.24. The molecule has 0 N–H and O–H groups in total. The summed E-state index contributed by atoms with van der Waals surface area (Å²) in [4.78, 5) is 24.8. The maximum absolute atomic E-state index is 14.3. The first kappa shape index (κ1) is 15.7. The molecule has 0 atom stereocenters. The summed E-state index contributed by atoms with van der Waals surface area (Å²) < 4.78 is 21.1. The van der Waals surface area contributed by atoms with Crippen LogP contribution in [0.1, 0.15) is 39.6 Å². The first-order valence-electron chi connectivity index (χ1n) is 7.26. The Morgan fingerprint density at radius 3 is 3.04 bits per heavy atom. The SMILES string of the molecule is CCn1nccc1OC(=O)c1cc(F)c2c(c1C)C(=O)CCS2. The van der Waals surface area contributed by atoms with Crippen LogP contribution in [0.4, 0.5) is 4.39 Å². The molecule has 1 aliphatic rings. The number of fused-ring (bicyclic) bond motifs is 1. The number of carbonyl (C=O) groups is 2. The molecule has 23 heavy (non-hydrogen) atoms. The van der Waals surface area contributed by atoms with Crippen LogP contribution in [0.2, 0.25) is 0 Å². The highest BCUT2D eigenvalue weighted by Gasteiger charge is 2.28. The minimum absolute atomic E-state index is 0.0703. The molecular formula is C16H15FN2O3S. The van der Waals surface area contributed by atoms with Crippen LogP contribution in [0.3, 0.4) is 0 Å². The van der Waals surface area contributed by atoms with Crippen molar-refractivity contribution in [2.24, 2.45) is 0 Å². The van der Waals surface area contributed by atoms with E-state index in [0.717, 1.165) is 6.07 Å². The van der Waals surface area contributed by atoms with Gasteiger partial charge in [-0.3, -0.25) is 4.79 Å². The Kier molecular flexibility index (Phi) is 4.21. The van der Waals surface area contributed by atoms with Gasteiger partial charge in [-0.2, -0.15) is 5.10 Å². The van der Waals surface area contributed by atoms with E-state index in [-0.39, 0.29) is 17.2 Å². The Balaban J connectivity index is 2.00. The van der Waals surface area contributed by atoms with Gasteiger partial charge in [0.15, 0.2) is 5.78 Å². The van der Waals surface area contributed by atoms with Crippen molar-refractivity contribution in [1.29, 1.82) is 0 Å². The molecule has 0 saturated heterocycles. The highest BCUT2D eigenvalue weighted by molar-refractivity contribution is 7.99. The minimum Gasteiger partial charge on any atom is -0.404 e. The largest absolute Gasteiger partial charge is 0.404 e. The zero-order valence-electron chi connectivity index (χ0n) is 12.8. The third-order valence-electron chi connectivity index (χ3n) is 3.74. The highest BCUT2D eigenvalue weighted by atomic mass is 32.2. The smallest absolute Gasteiger partial charge is 0.345 e. The molecule has 0 spiro atoms. The number of halogens is 1. The lowest BCUT2D eigenvalue weighted by atomic mass is 9.97.